The summed E-state index contributed by atoms with van der Waals surface area (Å²) in [5, 5.41) is 0. The van der Waals surface area contributed by atoms with Gasteiger partial charge in [0.05, 0.1) is 5.56 Å². The number of pyridine rings is 1. The van der Waals surface area contributed by atoms with Gasteiger partial charge in [0.2, 0.25) is 0 Å². The molecule has 0 atom stereocenters. The summed E-state index contributed by atoms with van der Waals surface area (Å²) in [6, 6.07) is 4.04. The van der Waals surface area contributed by atoms with E-state index in [1.54, 1.807) is 0 Å². The molecule has 1 amide bonds. The number of amides is 1. The minimum atomic E-state index is -0.110. The lowest BCUT2D eigenvalue weighted by Crippen LogP contribution is -2.49. The van der Waals surface area contributed by atoms with Crippen LogP contribution in [0, 0.1) is 13.8 Å². The van der Waals surface area contributed by atoms with Gasteiger partial charge in [0.25, 0.3) is 5.91 Å². The highest BCUT2D eigenvalue weighted by atomic mass is 16.4. The van der Waals surface area contributed by atoms with Crippen molar-refractivity contribution < 1.29 is 14.0 Å². The Morgan fingerprint density at radius 3 is 2.62 bits per heavy atom. The number of Topliss-reactive ketones (excluding diaryl/α,β-unsaturated/α-hetero) is 1. The molecule has 0 unspecified atom stereocenters. The topological polar surface area (TPSA) is 66.7 Å². The van der Waals surface area contributed by atoms with Gasteiger partial charge in [-0.2, -0.15) is 0 Å². The number of aryl methyl sites for hydroxylation is 2. The fraction of sp³-hybridized carbons (Fsp3) is 0.450. The number of piperazine rings is 1. The number of rotatable bonds is 2. The number of furan rings is 1. The van der Waals surface area contributed by atoms with Crippen molar-refractivity contribution in [2.24, 2.45) is 0 Å². The fourth-order valence-corrected chi connectivity index (χ4v) is 3.83. The van der Waals surface area contributed by atoms with Crippen molar-refractivity contribution in [3.63, 3.8) is 0 Å². The highest BCUT2D eigenvalue weighted by Crippen LogP contribution is 2.30. The van der Waals surface area contributed by atoms with E-state index in [4.69, 9.17) is 4.42 Å². The highest BCUT2D eigenvalue weighted by molar-refractivity contribution is 6.03. The van der Waals surface area contributed by atoms with Crippen LogP contribution in [-0.2, 0) is 6.42 Å². The molecule has 3 heterocycles. The van der Waals surface area contributed by atoms with Gasteiger partial charge in [0.1, 0.15) is 11.6 Å². The van der Waals surface area contributed by atoms with Crippen LogP contribution < -0.4 is 4.90 Å². The molecule has 0 saturated carbocycles. The Hall–Kier alpha value is -2.63. The second-order valence-corrected chi connectivity index (χ2v) is 7.10. The molecule has 2 aromatic rings. The first-order valence-electron chi connectivity index (χ1n) is 9.17. The van der Waals surface area contributed by atoms with Crippen molar-refractivity contribution in [3.8, 4) is 0 Å². The van der Waals surface area contributed by atoms with E-state index in [0.29, 0.717) is 42.2 Å². The Bertz CT molecular complexity index is 863. The Morgan fingerprint density at radius 1 is 1.15 bits per heavy atom. The third kappa shape index (κ3) is 2.89. The maximum absolute atomic E-state index is 12.9. The molecule has 6 nitrogen and oxygen atoms in total. The first kappa shape index (κ1) is 16.8. The Balaban J connectivity index is 1.48. The molecular weight excluding hydrogens is 330 g/mol. The molecule has 136 valence electrons. The lowest BCUT2D eigenvalue weighted by Gasteiger charge is -2.35. The molecule has 6 heteroatoms. The van der Waals surface area contributed by atoms with Crippen molar-refractivity contribution in [1.82, 2.24) is 9.88 Å². The van der Waals surface area contributed by atoms with Crippen molar-refractivity contribution in [2.45, 2.75) is 33.1 Å². The van der Waals surface area contributed by atoms with E-state index in [1.165, 1.54) is 5.56 Å². The van der Waals surface area contributed by atoms with Gasteiger partial charge in [-0.25, -0.2) is 4.98 Å². The molecule has 26 heavy (non-hydrogen) atoms. The number of hydrogen-bond acceptors (Lipinski definition) is 5. The van der Waals surface area contributed by atoms with Gasteiger partial charge in [-0.1, -0.05) is 0 Å². The van der Waals surface area contributed by atoms with E-state index in [2.05, 4.69) is 16.0 Å². The molecule has 0 bridgehead atoms. The highest BCUT2D eigenvalue weighted by Gasteiger charge is 2.32. The first-order chi connectivity index (χ1) is 12.5. The number of carbonyl (C=O) groups excluding carboxylic acids is 2. The number of fused-ring (bicyclic) bond motifs is 1. The average Bonchev–Trinajstić information content (AvgIpc) is 2.99. The molecule has 0 aromatic carbocycles. The van der Waals surface area contributed by atoms with Crippen LogP contribution in [0.15, 0.2) is 22.7 Å². The zero-order chi connectivity index (χ0) is 18.3. The summed E-state index contributed by atoms with van der Waals surface area (Å²) >= 11 is 0. The molecule has 1 saturated heterocycles. The van der Waals surface area contributed by atoms with Crippen LogP contribution in [0.1, 0.15) is 50.6 Å². The number of hydrogen-bond donors (Lipinski definition) is 0. The lowest BCUT2D eigenvalue weighted by atomic mass is 9.94. The first-order valence-corrected chi connectivity index (χ1v) is 9.17. The number of nitrogens with zero attached hydrogens (tertiary/aromatic N) is 3. The monoisotopic (exact) mass is 353 g/mol. The van der Waals surface area contributed by atoms with Crippen LogP contribution in [0.3, 0.4) is 0 Å². The number of aromatic nitrogens is 1. The zero-order valence-electron chi connectivity index (χ0n) is 15.2. The maximum Gasteiger partial charge on any atom is 0.289 e. The minimum absolute atomic E-state index is 0.0990. The molecular formula is C20H23N3O3. The predicted molar refractivity (Wildman–Crippen MR) is 97.8 cm³/mol. The molecule has 4 rings (SSSR count). The summed E-state index contributed by atoms with van der Waals surface area (Å²) in [6.45, 7) is 6.58. The molecule has 0 spiro atoms. The van der Waals surface area contributed by atoms with E-state index in [9.17, 15) is 9.59 Å². The van der Waals surface area contributed by atoms with E-state index in [1.807, 2.05) is 31.0 Å². The van der Waals surface area contributed by atoms with E-state index in [-0.39, 0.29) is 11.7 Å². The third-order valence-corrected chi connectivity index (χ3v) is 5.29. The van der Waals surface area contributed by atoms with Crippen molar-refractivity contribution in [1.29, 1.82) is 0 Å². The molecule has 1 aliphatic heterocycles. The summed E-state index contributed by atoms with van der Waals surface area (Å²) in [7, 11) is 0. The third-order valence-electron chi connectivity index (χ3n) is 5.29. The number of anilines is 1. The molecule has 1 fully saturated rings. The molecule has 1 aliphatic carbocycles. The van der Waals surface area contributed by atoms with Crippen molar-refractivity contribution in [3.05, 3.63) is 46.5 Å². The largest absolute Gasteiger partial charge is 0.455 e. The standard InChI is InChI=1S/C20H23N3O3/c1-13-6-7-21-17(12-13)22-8-10-23(11-9-22)20(25)19-14(2)18-15(24)4-3-5-16(18)26-19/h6-7,12H,3-5,8-11H2,1-2H3. The quantitative estimate of drug-likeness (QED) is 0.830. The summed E-state index contributed by atoms with van der Waals surface area (Å²) in [5.74, 6) is 1.97. The zero-order valence-corrected chi connectivity index (χ0v) is 15.2. The Morgan fingerprint density at radius 2 is 1.92 bits per heavy atom. The van der Waals surface area contributed by atoms with Crippen LogP contribution in [0.2, 0.25) is 0 Å². The predicted octanol–water partition coefficient (Wildman–Crippen LogP) is 2.77. The van der Waals surface area contributed by atoms with E-state index < -0.39 is 0 Å². The van der Waals surface area contributed by atoms with Crippen LogP contribution in [-0.4, -0.2) is 47.8 Å². The normalized spacial score (nSPS) is 17.4. The van der Waals surface area contributed by atoms with Crippen molar-refractivity contribution in [2.75, 3.05) is 31.1 Å². The summed E-state index contributed by atoms with van der Waals surface area (Å²) in [6.07, 6.45) is 3.90. The van der Waals surface area contributed by atoms with Crippen molar-refractivity contribution >= 4 is 17.5 Å². The number of carbonyl (C=O) groups is 2. The number of ketones is 1. The smallest absolute Gasteiger partial charge is 0.289 e. The van der Waals surface area contributed by atoms with Gasteiger partial charge in [-0.05, 0) is 38.0 Å². The van der Waals surface area contributed by atoms with Crippen LogP contribution in [0.5, 0.6) is 0 Å². The summed E-state index contributed by atoms with van der Waals surface area (Å²) in [5.41, 5.74) is 2.52. The van der Waals surface area contributed by atoms with Crippen LogP contribution in [0.4, 0.5) is 5.82 Å². The average molecular weight is 353 g/mol. The fourth-order valence-electron chi connectivity index (χ4n) is 3.83. The second-order valence-electron chi connectivity index (χ2n) is 7.10. The Kier molecular flexibility index (Phi) is 4.26. The second kappa shape index (κ2) is 6.59. The van der Waals surface area contributed by atoms with Crippen LogP contribution in [0.25, 0.3) is 0 Å². The minimum Gasteiger partial charge on any atom is -0.455 e. The SMILES string of the molecule is Cc1ccnc(N2CCN(C(=O)c3oc4c(c3C)C(=O)CCC4)CC2)c1. The van der Waals surface area contributed by atoms with Gasteiger partial charge in [-0.15, -0.1) is 0 Å². The lowest BCUT2D eigenvalue weighted by molar-refractivity contribution is 0.0711. The van der Waals surface area contributed by atoms with E-state index >= 15 is 0 Å². The maximum atomic E-state index is 12.9. The van der Waals surface area contributed by atoms with Gasteiger partial charge in [0, 0.05) is 50.8 Å². The molecule has 0 radical (unpaired) electrons. The molecule has 2 aromatic heterocycles. The van der Waals surface area contributed by atoms with Gasteiger partial charge >= 0.3 is 0 Å². The Labute approximate surface area is 152 Å². The van der Waals surface area contributed by atoms with Gasteiger partial charge in [0.15, 0.2) is 11.5 Å². The van der Waals surface area contributed by atoms with E-state index in [0.717, 1.165) is 31.7 Å². The van der Waals surface area contributed by atoms with Gasteiger partial charge in [-0.3, -0.25) is 9.59 Å². The summed E-state index contributed by atoms with van der Waals surface area (Å²) < 4.78 is 5.81. The molecule has 0 N–H and O–H groups in total. The van der Waals surface area contributed by atoms with Gasteiger partial charge < -0.3 is 14.2 Å². The van der Waals surface area contributed by atoms with Crippen LogP contribution >= 0.6 is 0 Å². The summed E-state index contributed by atoms with van der Waals surface area (Å²) in [4.78, 5) is 33.5. The molecule has 2 aliphatic rings.